The van der Waals surface area contributed by atoms with Crippen LogP contribution >= 0.6 is 0 Å². The topological polar surface area (TPSA) is 68.2 Å². The Labute approximate surface area is 110 Å². The summed E-state index contributed by atoms with van der Waals surface area (Å²) in [7, 11) is 0. The molecular formula is C13H26N4O. The second-order valence-corrected chi connectivity index (χ2v) is 4.91. The molecule has 1 aromatic rings. The van der Waals surface area contributed by atoms with Crippen LogP contribution in [0.4, 0.5) is 0 Å². The first-order valence-corrected chi connectivity index (χ1v) is 6.85. The number of likely N-dealkylation sites (N-methyl/N-ethyl adjacent to an activating group) is 1. The number of rotatable bonds is 8. The van der Waals surface area contributed by atoms with Crippen LogP contribution in [-0.2, 0) is 11.8 Å². The molecule has 0 aromatic carbocycles. The van der Waals surface area contributed by atoms with Gasteiger partial charge in [-0.15, -0.1) is 0 Å². The minimum absolute atomic E-state index is 0.194. The summed E-state index contributed by atoms with van der Waals surface area (Å²) in [5, 5.41) is 4.05. The van der Waals surface area contributed by atoms with E-state index in [2.05, 4.69) is 42.7 Å². The Hall–Kier alpha value is -0.940. The standard InChI is InChI=1S/C13H26N4O/c1-5-13(4,10-14)12-15-11(16-18-12)8-9-17(6-2)7-3/h5-10,14H2,1-4H3. The van der Waals surface area contributed by atoms with Crippen molar-refractivity contribution in [2.45, 2.75) is 46.0 Å². The Kier molecular flexibility index (Phi) is 5.75. The van der Waals surface area contributed by atoms with E-state index in [4.69, 9.17) is 10.3 Å². The quantitative estimate of drug-likeness (QED) is 0.763. The summed E-state index contributed by atoms with van der Waals surface area (Å²) in [4.78, 5) is 6.83. The molecule has 0 saturated carbocycles. The predicted molar refractivity (Wildman–Crippen MR) is 72.5 cm³/mol. The molecule has 0 aliphatic carbocycles. The summed E-state index contributed by atoms with van der Waals surface area (Å²) in [6.45, 7) is 12.1. The third-order valence-electron chi connectivity index (χ3n) is 3.76. The van der Waals surface area contributed by atoms with E-state index < -0.39 is 0 Å². The van der Waals surface area contributed by atoms with Crippen molar-refractivity contribution in [2.24, 2.45) is 5.73 Å². The van der Waals surface area contributed by atoms with Gasteiger partial charge < -0.3 is 15.2 Å². The molecule has 0 radical (unpaired) electrons. The molecule has 104 valence electrons. The first-order valence-electron chi connectivity index (χ1n) is 6.85. The molecular weight excluding hydrogens is 228 g/mol. The lowest BCUT2D eigenvalue weighted by molar-refractivity contribution is 0.285. The van der Waals surface area contributed by atoms with Crippen LogP contribution in [0.1, 0.15) is 45.8 Å². The zero-order chi connectivity index (χ0) is 13.6. The Morgan fingerprint density at radius 2 is 1.94 bits per heavy atom. The average Bonchev–Trinajstić information content (AvgIpc) is 2.88. The van der Waals surface area contributed by atoms with Crippen LogP contribution < -0.4 is 5.73 Å². The molecule has 1 aromatic heterocycles. The van der Waals surface area contributed by atoms with Crippen molar-refractivity contribution in [1.82, 2.24) is 15.0 Å². The van der Waals surface area contributed by atoms with E-state index in [0.717, 1.165) is 38.3 Å². The summed E-state index contributed by atoms with van der Waals surface area (Å²) in [5.41, 5.74) is 5.59. The Bertz CT molecular complexity index is 343. The van der Waals surface area contributed by atoms with Crippen molar-refractivity contribution < 1.29 is 4.52 Å². The Balaban J connectivity index is 2.63. The molecule has 1 atom stereocenters. The van der Waals surface area contributed by atoms with E-state index in [1.807, 2.05) is 0 Å². The van der Waals surface area contributed by atoms with Crippen LogP contribution in [0, 0.1) is 0 Å². The van der Waals surface area contributed by atoms with E-state index >= 15 is 0 Å². The highest BCUT2D eigenvalue weighted by Gasteiger charge is 2.29. The maximum Gasteiger partial charge on any atom is 0.233 e. The number of nitrogens with zero attached hydrogens (tertiary/aromatic N) is 3. The normalized spacial score (nSPS) is 15.0. The maximum atomic E-state index is 5.79. The highest BCUT2D eigenvalue weighted by Crippen LogP contribution is 2.24. The average molecular weight is 254 g/mol. The monoisotopic (exact) mass is 254 g/mol. The van der Waals surface area contributed by atoms with Crippen molar-refractivity contribution >= 4 is 0 Å². The van der Waals surface area contributed by atoms with E-state index in [1.54, 1.807) is 0 Å². The Morgan fingerprint density at radius 1 is 1.28 bits per heavy atom. The summed E-state index contributed by atoms with van der Waals surface area (Å²) in [6, 6.07) is 0. The van der Waals surface area contributed by atoms with Crippen molar-refractivity contribution in [3.63, 3.8) is 0 Å². The third-order valence-corrected chi connectivity index (χ3v) is 3.76. The summed E-state index contributed by atoms with van der Waals surface area (Å²) in [6.07, 6.45) is 1.73. The molecule has 0 fully saturated rings. The van der Waals surface area contributed by atoms with Crippen LogP contribution in [0.3, 0.4) is 0 Å². The largest absolute Gasteiger partial charge is 0.339 e. The van der Waals surface area contributed by atoms with Crippen molar-refractivity contribution in [3.05, 3.63) is 11.7 Å². The summed E-state index contributed by atoms with van der Waals surface area (Å²) < 4.78 is 5.35. The highest BCUT2D eigenvalue weighted by atomic mass is 16.5. The molecule has 0 bridgehead atoms. The van der Waals surface area contributed by atoms with Gasteiger partial charge in [-0.1, -0.05) is 25.9 Å². The van der Waals surface area contributed by atoms with E-state index in [1.165, 1.54) is 0 Å². The minimum Gasteiger partial charge on any atom is -0.339 e. The molecule has 0 saturated heterocycles. The fourth-order valence-corrected chi connectivity index (χ4v) is 1.78. The van der Waals surface area contributed by atoms with Crippen molar-refractivity contribution in [1.29, 1.82) is 0 Å². The number of nitrogens with two attached hydrogens (primary N) is 1. The summed E-state index contributed by atoms with van der Waals surface area (Å²) >= 11 is 0. The van der Waals surface area contributed by atoms with Gasteiger partial charge in [-0.25, -0.2) is 0 Å². The van der Waals surface area contributed by atoms with Crippen molar-refractivity contribution in [2.75, 3.05) is 26.2 Å². The van der Waals surface area contributed by atoms with Gasteiger partial charge in [0, 0.05) is 19.5 Å². The van der Waals surface area contributed by atoms with Gasteiger partial charge in [-0.2, -0.15) is 4.98 Å². The molecule has 0 aliphatic rings. The van der Waals surface area contributed by atoms with Crippen LogP contribution in [0.25, 0.3) is 0 Å². The molecule has 0 amide bonds. The fourth-order valence-electron chi connectivity index (χ4n) is 1.78. The molecule has 0 aliphatic heterocycles. The van der Waals surface area contributed by atoms with Gasteiger partial charge in [-0.3, -0.25) is 0 Å². The zero-order valence-corrected chi connectivity index (χ0v) is 12.1. The van der Waals surface area contributed by atoms with E-state index in [-0.39, 0.29) is 5.41 Å². The van der Waals surface area contributed by atoms with Gasteiger partial charge in [-0.05, 0) is 26.4 Å². The maximum absolute atomic E-state index is 5.79. The van der Waals surface area contributed by atoms with Crippen molar-refractivity contribution in [3.8, 4) is 0 Å². The highest BCUT2D eigenvalue weighted by molar-refractivity contribution is 5.03. The van der Waals surface area contributed by atoms with Gasteiger partial charge >= 0.3 is 0 Å². The van der Waals surface area contributed by atoms with Gasteiger partial charge in [0.2, 0.25) is 5.89 Å². The lowest BCUT2D eigenvalue weighted by atomic mass is 9.88. The summed E-state index contributed by atoms with van der Waals surface area (Å²) in [5.74, 6) is 1.45. The van der Waals surface area contributed by atoms with E-state index in [9.17, 15) is 0 Å². The molecule has 0 spiro atoms. The molecule has 1 unspecified atom stereocenters. The Morgan fingerprint density at radius 3 is 2.44 bits per heavy atom. The van der Waals surface area contributed by atoms with Crippen LogP contribution in [-0.4, -0.2) is 41.2 Å². The van der Waals surface area contributed by atoms with E-state index in [0.29, 0.717) is 12.4 Å². The first kappa shape index (κ1) is 15.1. The molecule has 2 N–H and O–H groups in total. The second-order valence-electron chi connectivity index (χ2n) is 4.91. The molecule has 1 rings (SSSR count). The van der Waals surface area contributed by atoms with Gasteiger partial charge in [0.25, 0.3) is 0 Å². The zero-order valence-electron chi connectivity index (χ0n) is 12.1. The third kappa shape index (κ3) is 3.53. The van der Waals surface area contributed by atoms with Gasteiger partial charge in [0.1, 0.15) is 0 Å². The van der Waals surface area contributed by atoms with Crippen LogP contribution in [0.15, 0.2) is 4.52 Å². The smallest absolute Gasteiger partial charge is 0.233 e. The van der Waals surface area contributed by atoms with Gasteiger partial charge in [0.05, 0.1) is 5.41 Å². The lowest BCUT2D eigenvalue weighted by Gasteiger charge is -2.20. The number of aromatic nitrogens is 2. The molecule has 18 heavy (non-hydrogen) atoms. The number of hydrogen-bond acceptors (Lipinski definition) is 5. The minimum atomic E-state index is -0.194. The number of hydrogen-bond donors (Lipinski definition) is 1. The first-order chi connectivity index (χ1) is 8.59. The van der Waals surface area contributed by atoms with Gasteiger partial charge in [0.15, 0.2) is 5.82 Å². The predicted octanol–water partition coefficient (Wildman–Crippen LogP) is 1.58. The fraction of sp³-hybridized carbons (Fsp3) is 0.846. The molecule has 5 nitrogen and oxygen atoms in total. The van der Waals surface area contributed by atoms with Crippen LogP contribution in [0.2, 0.25) is 0 Å². The molecule has 5 heteroatoms. The second kappa shape index (κ2) is 6.85. The van der Waals surface area contributed by atoms with Crippen LogP contribution in [0.5, 0.6) is 0 Å². The molecule has 1 heterocycles. The SMILES string of the molecule is CCN(CC)CCc1noc(C(C)(CC)CN)n1. The lowest BCUT2D eigenvalue weighted by Crippen LogP contribution is -2.31.